The van der Waals surface area contributed by atoms with E-state index >= 15 is 0 Å². The molecule has 0 fully saturated rings. The summed E-state index contributed by atoms with van der Waals surface area (Å²) in [5, 5.41) is 0. The highest BCUT2D eigenvalue weighted by Crippen LogP contribution is 2.18. The Bertz CT molecular complexity index is 588. The second-order valence-corrected chi connectivity index (χ2v) is 5.49. The van der Waals surface area contributed by atoms with Gasteiger partial charge in [0.2, 0.25) is 0 Å². The Hall–Kier alpha value is -1.55. The fraction of sp³-hybridized carbons (Fsp3) is 0.562. The van der Waals surface area contributed by atoms with Crippen LogP contribution in [0.25, 0.3) is 0 Å². The number of anilines is 1. The number of hydrogen-bond donors (Lipinski definition) is 1. The minimum Gasteiger partial charge on any atom is -0.461 e. The highest BCUT2D eigenvalue weighted by Gasteiger charge is 2.23. The first kappa shape index (κ1) is 11.1. The van der Waals surface area contributed by atoms with Gasteiger partial charge in [-0.1, -0.05) is 27.7 Å². The lowest BCUT2D eigenvalue weighted by molar-refractivity contribution is 0.0274. The van der Waals surface area contributed by atoms with E-state index in [4.69, 9.17) is 16.0 Å². The molecule has 0 saturated heterocycles. The number of carbonyl (C=O) groups excluding carboxylic acids is 1. The number of carbonyl (C=O) groups is 1. The summed E-state index contributed by atoms with van der Waals surface area (Å²) in [5.41, 5.74) is 4.56. The van der Waals surface area contributed by atoms with E-state index in [1.54, 1.807) is 0 Å². The fourth-order valence-electron chi connectivity index (χ4n) is 1.86. The number of esters is 1. The van der Waals surface area contributed by atoms with Gasteiger partial charge in [0.15, 0.2) is 0 Å². The van der Waals surface area contributed by atoms with E-state index in [0.717, 1.165) is 19.6 Å². The summed E-state index contributed by atoms with van der Waals surface area (Å²) in [4.78, 5) is 14.5. The zero-order valence-electron chi connectivity index (χ0n) is 16.7. The lowest BCUT2D eigenvalue weighted by Crippen LogP contribution is -2.37. The molecule has 0 radical (unpaired) electrons. The molecule has 0 aliphatic heterocycles. The Balaban J connectivity index is 2.94. The van der Waals surface area contributed by atoms with Crippen LogP contribution in [-0.4, -0.2) is 37.1 Å². The molecule has 0 unspecified atom stereocenters. The average molecular weight is 282 g/mol. The van der Waals surface area contributed by atoms with Crippen molar-refractivity contribution in [1.82, 2.24) is 4.90 Å². The summed E-state index contributed by atoms with van der Waals surface area (Å²) in [7, 11) is 0. The van der Waals surface area contributed by atoms with E-state index in [9.17, 15) is 4.79 Å². The summed E-state index contributed by atoms with van der Waals surface area (Å²) in [6.45, 7) is 10.7. The number of benzene rings is 1. The molecule has 1 aromatic carbocycles. The van der Waals surface area contributed by atoms with Crippen molar-refractivity contribution in [2.45, 2.75) is 27.7 Å². The third-order valence-electron chi connectivity index (χ3n) is 2.99. The number of hydrogen-bond acceptors (Lipinski definition) is 4. The van der Waals surface area contributed by atoms with Crippen LogP contribution < -0.4 is 5.73 Å². The lowest BCUT2D eigenvalue weighted by Gasteiger charge is -2.30. The molecule has 0 aromatic heterocycles. The van der Waals surface area contributed by atoms with Crippen molar-refractivity contribution in [1.29, 1.82) is 0 Å². The molecule has 20 heavy (non-hydrogen) atoms. The highest BCUT2D eigenvalue weighted by molar-refractivity contribution is 5.89. The second kappa shape index (κ2) is 7.29. The molecule has 0 atom stereocenters. The van der Waals surface area contributed by atoms with E-state index in [1.165, 1.54) is 0 Å². The molecule has 0 heterocycles. The van der Waals surface area contributed by atoms with Crippen LogP contribution in [0.4, 0.5) is 5.69 Å². The number of ether oxygens (including phenoxy) is 1. The Labute approximate surface area is 127 Å². The first-order valence-electron chi connectivity index (χ1n) is 8.81. The highest BCUT2D eigenvalue weighted by atomic mass is 16.5. The zero-order chi connectivity index (χ0) is 18.7. The molecule has 0 aliphatic carbocycles. The van der Waals surface area contributed by atoms with Gasteiger partial charge in [-0.3, -0.25) is 0 Å². The van der Waals surface area contributed by atoms with Crippen LogP contribution in [0.15, 0.2) is 24.2 Å². The van der Waals surface area contributed by atoms with E-state index in [2.05, 4.69) is 18.7 Å². The molecule has 112 valence electrons. The van der Waals surface area contributed by atoms with Gasteiger partial charge >= 0.3 is 5.97 Å². The van der Waals surface area contributed by atoms with Gasteiger partial charge in [0.25, 0.3) is 0 Å². The molecule has 1 aromatic rings. The second-order valence-electron chi connectivity index (χ2n) is 5.49. The van der Waals surface area contributed by atoms with Gasteiger partial charge in [-0.05, 0) is 37.3 Å². The predicted molar refractivity (Wildman–Crippen MR) is 82.7 cm³/mol. The third kappa shape index (κ3) is 5.21. The first-order valence-corrected chi connectivity index (χ1v) is 6.81. The van der Waals surface area contributed by atoms with Gasteiger partial charge in [-0.25, -0.2) is 4.79 Å². The van der Waals surface area contributed by atoms with Gasteiger partial charge in [0.05, 0.1) is 17.7 Å². The van der Waals surface area contributed by atoms with E-state index in [0.29, 0.717) is 0 Å². The van der Waals surface area contributed by atoms with Crippen LogP contribution in [0.3, 0.4) is 0 Å². The Morgan fingerprint density at radius 1 is 1.30 bits per heavy atom. The molecule has 0 spiro atoms. The van der Waals surface area contributed by atoms with Crippen molar-refractivity contribution < 1.29 is 15.0 Å². The Morgan fingerprint density at radius 3 is 2.35 bits per heavy atom. The molecule has 4 heteroatoms. The van der Waals surface area contributed by atoms with Crippen LogP contribution in [0.5, 0.6) is 0 Å². The van der Waals surface area contributed by atoms with Crippen LogP contribution in [0.2, 0.25) is 0 Å². The molecule has 1 rings (SSSR count). The summed E-state index contributed by atoms with van der Waals surface area (Å²) < 4.78 is 36.3. The Morgan fingerprint density at radius 2 is 1.85 bits per heavy atom. The number of rotatable bonds is 7. The number of nitrogens with zero attached hydrogens (tertiary/aromatic N) is 1. The Kier molecular flexibility index (Phi) is 4.06. The largest absolute Gasteiger partial charge is 0.461 e. The molecule has 4 nitrogen and oxygen atoms in total. The maximum absolute atomic E-state index is 12.3. The van der Waals surface area contributed by atoms with Gasteiger partial charge in [-0.15, -0.1) is 0 Å². The minimum atomic E-state index is -0.861. The van der Waals surface area contributed by atoms with Gasteiger partial charge in [0, 0.05) is 17.6 Å². The summed E-state index contributed by atoms with van der Waals surface area (Å²) in [6.07, 6.45) is 0. The number of nitrogens with two attached hydrogens (primary N) is 1. The minimum absolute atomic E-state index is 0.117. The first-order chi connectivity index (χ1) is 11.1. The maximum Gasteiger partial charge on any atom is 0.338 e. The normalized spacial score (nSPS) is 14.4. The molecular formula is C16H26N2O2. The van der Waals surface area contributed by atoms with Gasteiger partial charge in [-0.2, -0.15) is 0 Å². The SMILES string of the molecule is [2H]c1c([2H])c(C(=O)OCC(C)(C)CN(CC)CC)c([2H])c([2H])c1N. The van der Waals surface area contributed by atoms with Gasteiger partial charge < -0.3 is 15.4 Å². The van der Waals surface area contributed by atoms with Crippen molar-refractivity contribution >= 4 is 11.7 Å². The van der Waals surface area contributed by atoms with E-state index < -0.39 is 30.1 Å². The van der Waals surface area contributed by atoms with Crippen molar-refractivity contribution in [2.75, 3.05) is 32.0 Å². The smallest absolute Gasteiger partial charge is 0.338 e. The van der Waals surface area contributed by atoms with E-state index in [-0.39, 0.29) is 23.3 Å². The molecule has 2 N–H and O–H groups in total. The van der Waals surface area contributed by atoms with Crippen molar-refractivity contribution in [3.63, 3.8) is 0 Å². The van der Waals surface area contributed by atoms with Crippen molar-refractivity contribution in [3.05, 3.63) is 29.7 Å². The summed E-state index contributed by atoms with van der Waals surface area (Å²) in [5.74, 6) is -0.861. The molecule has 0 aliphatic rings. The van der Waals surface area contributed by atoms with Gasteiger partial charge in [0.1, 0.15) is 0 Å². The predicted octanol–water partition coefficient (Wildman–Crippen LogP) is 2.79. The topological polar surface area (TPSA) is 55.6 Å². The van der Waals surface area contributed by atoms with Crippen LogP contribution >= 0.6 is 0 Å². The monoisotopic (exact) mass is 282 g/mol. The molecule has 0 bridgehead atoms. The van der Waals surface area contributed by atoms with Crippen LogP contribution in [0, 0.1) is 5.41 Å². The van der Waals surface area contributed by atoms with Crippen LogP contribution in [-0.2, 0) is 4.74 Å². The van der Waals surface area contributed by atoms with Crippen molar-refractivity contribution in [2.24, 2.45) is 5.41 Å². The lowest BCUT2D eigenvalue weighted by atomic mass is 9.94. The average Bonchev–Trinajstić information content (AvgIpc) is 2.54. The molecule has 0 amide bonds. The molecular weight excluding hydrogens is 252 g/mol. The number of nitrogen functional groups attached to an aromatic ring is 1. The van der Waals surface area contributed by atoms with E-state index in [1.807, 2.05) is 13.8 Å². The maximum atomic E-state index is 12.3. The quantitative estimate of drug-likeness (QED) is 0.617. The summed E-state index contributed by atoms with van der Waals surface area (Å²) >= 11 is 0. The summed E-state index contributed by atoms with van der Waals surface area (Å²) in [6, 6.07) is -1.80. The third-order valence-corrected chi connectivity index (χ3v) is 2.99. The zero-order valence-corrected chi connectivity index (χ0v) is 12.7. The van der Waals surface area contributed by atoms with Crippen molar-refractivity contribution in [3.8, 4) is 0 Å². The standard InChI is InChI=1S/C16H26N2O2/c1-5-18(6-2)11-16(3,4)12-20-15(19)13-7-9-14(17)10-8-13/h7-10H,5-6,11-12,17H2,1-4H3/i7D,8D,9D,10D. The van der Waals surface area contributed by atoms with Crippen LogP contribution in [0.1, 0.15) is 43.5 Å². The molecule has 0 saturated carbocycles. The fourth-order valence-corrected chi connectivity index (χ4v) is 1.86.